The van der Waals surface area contributed by atoms with Gasteiger partial charge in [0.05, 0.1) is 17.6 Å². The average molecular weight is 223 g/mol. The van der Waals surface area contributed by atoms with Crippen LogP contribution in [0.25, 0.3) is 11.0 Å². The van der Waals surface area contributed by atoms with Crippen LogP contribution in [0.4, 0.5) is 5.69 Å². The molecule has 2 aromatic rings. The number of hydrogen-bond acceptors (Lipinski definition) is 5. The van der Waals surface area contributed by atoms with Crippen molar-refractivity contribution in [2.75, 3.05) is 18.4 Å². The smallest absolute Gasteiger partial charge is 0.195 e. The number of aromatic nitrogens is 2. The lowest BCUT2D eigenvalue weighted by Gasteiger charge is -2.11. The molecule has 0 fully saturated rings. The van der Waals surface area contributed by atoms with Gasteiger partial charge in [0.15, 0.2) is 5.96 Å². The highest BCUT2D eigenvalue weighted by atomic mass is 15.2. The summed E-state index contributed by atoms with van der Waals surface area (Å²) in [4.78, 5) is 12.7. The third kappa shape index (κ3) is 1.82. The zero-order chi connectivity index (χ0) is 11.7. The Labute approximate surface area is 99.8 Å². The largest absolute Gasteiger partial charge is 0.354 e. The summed E-state index contributed by atoms with van der Waals surface area (Å²) >= 11 is 0. The first-order chi connectivity index (χ1) is 8.34. The lowest BCUT2D eigenvalue weighted by Crippen LogP contribution is -2.29. The molecular weight excluding hydrogens is 213 g/mol. The molecule has 0 atom stereocenters. The van der Waals surface area contributed by atoms with E-state index in [9.17, 15) is 0 Å². The van der Waals surface area contributed by atoms with Gasteiger partial charge in [-0.15, -0.1) is 0 Å². The minimum atomic E-state index is 0.590. The topological polar surface area (TPSA) is 62.2 Å². The molecular formula is C11H10BN5. The Balaban J connectivity index is 2.02. The lowest BCUT2D eigenvalue weighted by atomic mass is 9.92. The molecule has 6 heteroatoms. The van der Waals surface area contributed by atoms with Crippen LogP contribution in [0.1, 0.15) is 0 Å². The minimum absolute atomic E-state index is 0.590. The summed E-state index contributed by atoms with van der Waals surface area (Å²) in [6, 6.07) is 3.77. The molecule has 17 heavy (non-hydrogen) atoms. The van der Waals surface area contributed by atoms with Crippen LogP contribution in [0.3, 0.4) is 0 Å². The molecule has 1 aromatic heterocycles. The quantitative estimate of drug-likeness (QED) is 0.657. The molecule has 2 radical (unpaired) electrons. The normalized spacial score (nSPS) is 14.5. The maximum atomic E-state index is 6.05. The predicted molar refractivity (Wildman–Crippen MR) is 68.9 cm³/mol. The third-order valence-corrected chi connectivity index (χ3v) is 2.61. The van der Waals surface area contributed by atoms with Crippen molar-refractivity contribution in [3.63, 3.8) is 0 Å². The first-order valence-corrected chi connectivity index (χ1v) is 5.39. The van der Waals surface area contributed by atoms with Gasteiger partial charge >= 0.3 is 0 Å². The molecule has 0 spiro atoms. The monoisotopic (exact) mass is 223 g/mol. The molecule has 0 saturated heterocycles. The van der Waals surface area contributed by atoms with Gasteiger partial charge in [0.1, 0.15) is 7.85 Å². The number of hydrogen-bond donors (Lipinski definition) is 2. The van der Waals surface area contributed by atoms with E-state index in [1.807, 2.05) is 12.1 Å². The maximum absolute atomic E-state index is 6.05. The van der Waals surface area contributed by atoms with Gasteiger partial charge in [-0.3, -0.25) is 15.0 Å². The van der Waals surface area contributed by atoms with Gasteiger partial charge in [-0.25, -0.2) is 0 Å². The highest BCUT2D eigenvalue weighted by Crippen LogP contribution is 2.11. The van der Waals surface area contributed by atoms with Crippen molar-refractivity contribution in [2.24, 2.45) is 4.99 Å². The molecule has 0 unspecified atom stereocenters. The van der Waals surface area contributed by atoms with Crippen molar-refractivity contribution < 1.29 is 0 Å². The van der Waals surface area contributed by atoms with Crippen molar-refractivity contribution in [3.05, 3.63) is 24.5 Å². The van der Waals surface area contributed by atoms with Crippen molar-refractivity contribution in [1.29, 1.82) is 0 Å². The molecule has 5 nitrogen and oxygen atoms in total. The van der Waals surface area contributed by atoms with Crippen LogP contribution in [0.5, 0.6) is 0 Å². The van der Waals surface area contributed by atoms with Gasteiger partial charge in [-0.05, 0) is 17.6 Å². The summed E-state index contributed by atoms with van der Waals surface area (Å²) in [6.07, 6.45) is 3.28. The molecule has 3 rings (SSSR count). The Kier molecular flexibility index (Phi) is 2.40. The number of benzene rings is 1. The number of anilines is 1. The van der Waals surface area contributed by atoms with Gasteiger partial charge < -0.3 is 10.6 Å². The van der Waals surface area contributed by atoms with Crippen LogP contribution in [0.15, 0.2) is 29.5 Å². The van der Waals surface area contributed by atoms with E-state index in [0.717, 1.165) is 30.3 Å². The number of nitrogens with one attached hydrogen (secondary N) is 2. The second-order valence-corrected chi connectivity index (χ2v) is 3.73. The molecule has 0 bridgehead atoms. The highest BCUT2D eigenvalue weighted by Gasteiger charge is 2.08. The third-order valence-electron chi connectivity index (χ3n) is 2.61. The maximum Gasteiger partial charge on any atom is 0.195 e. The summed E-state index contributed by atoms with van der Waals surface area (Å²) in [5.41, 5.74) is 2.88. The Morgan fingerprint density at radius 3 is 2.94 bits per heavy atom. The van der Waals surface area contributed by atoms with E-state index in [4.69, 9.17) is 7.85 Å². The van der Waals surface area contributed by atoms with Crippen molar-refractivity contribution in [1.82, 2.24) is 15.3 Å². The number of aliphatic imine (C=N–C) groups is 1. The average Bonchev–Trinajstić information content (AvgIpc) is 2.86. The highest BCUT2D eigenvalue weighted by molar-refractivity contribution is 6.42. The van der Waals surface area contributed by atoms with Gasteiger partial charge in [0.2, 0.25) is 0 Å². The first-order valence-electron chi connectivity index (χ1n) is 5.39. The number of fused-ring (bicyclic) bond motifs is 1. The van der Waals surface area contributed by atoms with E-state index in [1.165, 1.54) is 0 Å². The molecule has 82 valence electrons. The van der Waals surface area contributed by atoms with Gasteiger partial charge in [0, 0.05) is 24.6 Å². The van der Waals surface area contributed by atoms with Gasteiger partial charge in [0.25, 0.3) is 0 Å². The van der Waals surface area contributed by atoms with Crippen molar-refractivity contribution in [3.8, 4) is 0 Å². The lowest BCUT2D eigenvalue weighted by molar-refractivity contribution is 0.959. The SMILES string of the molecule is [B]c1c(NC2=NCCN2)ccc2nccnc12. The summed E-state index contributed by atoms with van der Waals surface area (Å²) in [6.45, 7) is 1.64. The minimum Gasteiger partial charge on any atom is -0.354 e. The van der Waals surface area contributed by atoms with Gasteiger partial charge in [-0.2, -0.15) is 0 Å². The standard InChI is InChI=1S/C11H10BN5/c12-9-7(17-11-15-5-6-16-11)1-2-8-10(9)14-4-3-13-8/h1-4H,5-6H2,(H2,15,16,17). The Bertz CT molecular complexity index is 595. The van der Waals surface area contributed by atoms with Crippen LogP contribution in [-0.2, 0) is 0 Å². The zero-order valence-corrected chi connectivity index (χ0v) is 9.14. The van der Waals surface area contributed by atoms with Crippen molar-refractivity contribution >= 4 is 36.0 Å². The second kappa shape index (κ2) is 4.05. The Morgan fingerprint density at radius 2 is 2.12 bits per heavy atom. The van der Waals surface area contributed by atoms with E-state index in [2.05, 4.69) is 25.6 Å². The molecule has 0 aliphatic carbocycles. The molecule has 0 amide bonds. The molecule has 2 N–H and O–H groups in total. The van der Waals surface area contributed by atoms with Gasteiger partial charge in [-0.1, -0.05) is 0 Å². The second-order valence-electron chi connectivity index (χ2n) is 3.73. The van der Waals surface area contributed by atoms with Crippen LogP contribution in [0.2, 0.25) is 0 Å². The van der Waals surface area contributed by atoms with E-state index in [1.54, 1.807) is 12.4 Å². The summed E-state index contributed by atoms with van der Waals surface area (Å²) in [7, 11) is 6.05. The number of guanidine groups is 1. The molecule has 1 aromatic carbocycles. The molecule has 0 saturated carbocycles. The van der Waals surface area contributed by atoms with Crippen LogP contribution in [-0.4, -0.2) is 36.9 Å². The Hall–Kier alpha value is -2.11. The predicted octanol–water partition coefficient (Wildman–Crippen LogP) is -0.205. The molecule has 2 heterocycles. The first kappa shape index (κ1) is 10.1. The summed E-state index contributed by atoms with van der Waals surface area (Å²) in [5, 5.41) is 6.28. The molecule has 1 aliphatic rings. The molecule has 1 aliphatic heterocycles. The van der Waals surface area contributed by atoms with E-state index in [-0.39, 0.29) is 0 Å². The Morgan fingerprint density at radius 1 is 1.24 bits per heavy atom. The van der Waals surface area contributed by atoms with Crippen LogP contribution < -0.4 is 16.1 Å². The van der Waals surface area contributed by atoms with Crippen LogP contribution >= 0.6 is 0 Å². The number of nitrogens with zero attached hydrogens (tertiary/aromatic N) is 3. The van der Waals surface area contributed by atoms with Crippen molar-refractivity contribution in [2.45, 2.75) is 0 Å². The summed E-state index contributed by atoms with van der Waals surface area (Å²) < 4.78 is 0. The van der Waals surface area contributed by atoms with E-state index >= 15 is 0 Å². The zero-order valence-electron chi connectivity index (χ0n) is 9.14. The fraction of sp³-hybridized carbons (Fsp3) is 0.182. The van der Waals surface area contributed by atoms with E-state index < -0.39 is 0 Å². The van der Waals surface area contributed by atoms with E-state index in [0.29, 0.717) is 11.0 Å². The number of rotatable bonds is 1. The fourth-order valence-corrected chi connectivity index (χ4v) is 1.78. The summed E-state index contributed by atoms with van der Waals surface area (Å²) in [5.74, 6) is 0.750. The fourth-order valence-electron chi connectivity index (χ4n) is 1.78. The van der Waals surface area contributed by atoms with Crippen LogP contribution in [0, 0.1) is 0 Å².